The number of benzene rings is 1. The zero-order chi connectivity index (χ0) is 18.4. The molecule has 3 amide bonds. The Kier molecular flexibility index (Phi) is 7.51. The van der Waals surface area contributed by atoms with Gasteiger partial charge in [-0.3, -0.25) is 14.4 Å². The average Bonchev–Trinajstić information content (AvgIpc) is 2.49. The normalized spacial score (nSPS) is 11.8. The number of hydrogen-bond donors (Lipinski definition) is 2. The molecular weight excluding hydrogens is 353 g/mol. The van der Waals surface area contributed by atoms with Crippen LogP contribution in [0.2, 0.25) is 10.0 Å². The molecule has 2 N–H and O–H groups in total. The Bertz CT molecular complexity index is 633. The zero-order valence-electron chi connectivity index (χ0n) is 14.0. The molecule has 0 aromatic heterocycles. The maximum Gasteiger partial charge on any atom is 0.253 e. The van der Waals surface area contributed by atoms with Crippen LogP contribution in [0, 0.1) is 5.92 Å². The third kappa shape index (κ3) is 5.69. The van der Waals surface area contributed by atoms with Crippen molar-refractivity contribution in [1.82, 2.24) is 15.5 Å². The number of nitrogens with one attached hydrogen (secondary N) is 2. The molecule has 1 aromatic rings. The Morgan fingerprint density at radius 2 is 1.79 bits per heavy atom. The zero-order valence-corrected chi connectivity index (χ0v) is 15.5. The van der Waals surface area contributed by atoms with Gasteiger partial charge in [0.15, 0.2) is 0 Å². The summed E-state index contributed by atoms with van der Waals surface area (Å²) in [6, 6.07) is 3.70. The lowest BCUT2D eigenvalue weighted by Crippen LogP contribution is -2.51. The maximum absolute atomic E-state index is 12.3. The number of carbonyl (C=O) groups is 3. The van der Waals surface area contributed by atoms with Gasteiger partial charge in [-0.1, -0.05) is 37.0 Å². The molecule has 0 bridgehead atoms. The van der Waals surface area contributed by atoms with Crippen LogP contribution in [-0.4, -0.2) is 49.3 Å². The highest BCUT2D eigenvalue weighted by atomic mass is 35.5. The Morgan fingerprint density at radius 1 is 1.17 bits per heavy atom. The molecule has 1 aromatic carbocycles. The Morgan fingerprint density at radius 3 is 2.29 bits per heavy atom. The standard InChI is InChI=1S/C16H21Cl2N3O3/c1-9(2)14(16(24)19-8-13(22)21(3)4)20-15(23)11-6-5-10(17)7-12(11)18/h5-7,9,14H,8H2,1-4H3,(H,19,24)(H,20,23)/t14-/m0/s1. The largest absolute Gasteiger partial charge is 0.347 e. The number of hydrogen-bond acceptors (Lipinski definition) is 3. The highest BCUT2D eigenvalue weighted by Crippen LogP contribution is 2.21. The lowest BCUT2D eigenvalue weighted by molar-refractivity contribution is -0.131. The van der Waals surface area contributed by atoms with E-state index in [1.54, 1.807) is 34.0 Å². The third-order valence-electron chi connectivity index (χ3n) is 3.32. The number of rotatable bonds is 6. The molecule has 0 fully saturated rings. The van der Waals surface area contributed by atoms with Crippen LogP contribution in [0.1, 0.15) is 24.2 Å². The van der Waals surface area contributed by atoms with Gasteiger partial charge in [0.05, 0.1) is 17.1 Å². The molecule has 0 radical (unpaired) electrons. The van der Waals surface area contributed by atoms with Gasteiger partial charge in [0.1, 0.15) is 6.04 Å². The SMILES string of the molecule is CC(C)[C@H](NC(=O)c1ccc(Cl)cc1Cl)C(=O)NCC(=O)N(C)C. The van der Waals surface area contributed by atoms with E-state index in [0.29, 0.717) is 5.02 Å². The predicted molar refractivity (Wildman–Crippen MR) is 94.3 cm³/mol. The van der Waals surface area contributed by atoms with Gasteiger partial charge in [0, 0.05) is 19.1 Å². The summed E-state index contributed by atoms with van der Waals surface area (Å²) in [6.07, 6.45) is 0. The van der Waals surface area contributed by atoms with Gasteiger partial charge in [0.25, 0.3) is 5.91 Å². The molecular formula is C16H21Cl2N3O3. The van der Waals surface area contributed by atoms with Gasteiger partial charge in [-0.05, 0) is 24.1 Å². The molecule has 1 rings (SSSR count). The van der Waals surface area contributed by atoms with Gasteiger partial charge in [-0.2, -0.15) is 0 Å². The highest BCUT2D eigenvalue weighted by molar-refractivity contribution is 6.36. The predicted octanol–water partition coefficient (Wildman–Crippen LogP) is 1.95. The van der Waals surface area contributed by atoms with Crippen LogP contribution in [0.3, 0.4) is 0 Å². The summed E-state index contributed by atoms with van der Waals surface area (Å²) in [5.41, 5.74) is 0.226. The molecule has 0 aliphatic heterocycles. The van der Waals surface area contributed by atoms with E-state index in [1.807, 2.05) is 0 Å². The highest BCUT2D eigenvalue weighted by Gasteiger charge is 2.25. The smallest absolute Gasteiger partial charge is 0.253 e. The monoisotopic (exact) mass is 373 g/mol. The molecule has 6 nitrogen and oxygen atoms in total. The first kappa shape index (κ1) is 20.3. The summed E-state index contributed by atoms with van der Waals surface area (Å²) in [5, 5.41) is 5.78. The van der Waals surface area contributed by atoms with Crippen LogP contribution < -0.4 is 10.6 Å². The quantitative estimate of drug-likeness (QED) is 0.799. The minimum atomic E-state index is -0.792. The van der Waals surface area contributed by atoms with E-state index < -0.39 is 17.9 Å². The number of nitrogens with zero attached hydrogens (tertiary/aromatic N) is 1. The maximum atomic E-state index is 12.3. The van der Waals surface area contributed by atoms with E-state index in [0.717, 1.165) is 0 Å². The van der Waals surface area contributed by atoms with Crippen LogP contribution in [0.5, 0.6) is 0 Å². The lowest BCUT2D eigenvalue weighted by atomic mass is 10.0. The second-order valence-electron chi connectivity index (χ2n) is 5.83. The van der Waals surface area contributed by atoms with E-state index in [4.69, 9.17) is 23.2 Å². The molecule has 132 valence electrons. The summed E-state index contributed by atoms with van der Waals surface area (Å²) in [7, 11) is 3.19. The third-order valence-corrected chi connectivity index (χ3v) is 3.87. The number of carbonyl (C=O) groups excluding carboxylic acids is 3. The van der Waals surface area contributed by atoms with Crippen molar-refractivity contribution in [3.8, 4) is 0 Å². The first-order valence-corrected chi connectivity index (χ1v) is 8.12. The average molecular weight is 374 g/mol. The van der Waals surface area contributed by atoms with Crippen molar-refractivity contribution >= 4 is 40.9 Å². The molecule has 0 aliphatic carbocycles. The van der Waals surface area contributed by atoms with Gasteiger partial charge in [-0.25, -0.2) is 0 Å². The molecule has 0 aliphatic rings. The minimum Gasteiger partial charge on any atom is -0.347 e. The van der Waals surface area contributed by atoms with Crippen molar-refractivity contribution < 1.29 is 14.4 Å². The van der Waals surface area contributed by atoms with Crippen molar-refractivity contribution in [1.29, 1.82) is 0 Å². The number of amides is 3. The van der Waals surface area contributed by atoms with E-state index in [9.17, 15) is 14.4 Å². The van der Waals surface area contributed by atoms with Crippen LogP contribution >= 0.6 is 23.2 Å². The number of likely N-dealkylation sites (N-methyl/N-ethyl adjacent to an activating group) is 1. The van der Waals surface area contributed by atoms with Crippen LogP contribution in [0.15, 0.2) is 18.2 Å². The van der Waals surface area contributed by atoms with Crippen LogP contribution in [0.4, 0.5) is 0 Å². The number of halogens is 2. The fourth-order valence-electron chi connectivity index (χ4n) is 1.86. The fourth-order valence-corrected chi connectivity index (χ4v) is 2.35. The van der Waals surface area contributed by atoms with Crippen molar-refractivity contribution in [3.63, 3.8) is 0 Å². The second kappa shape index (κ2) is 8.89. The molecule has 0 unspecified atom stereocenters. The summed E-state index contributed by atoms with van der Waals surface area (Å²) < 4.78 is 0. The van der Waals surface area contributed by atoms with Crippen LogP contribution in [0.25, 0.3) is 0 Å². The Balaban J connectivity index is 2.80. The molecule has 24 heavy (non-hydrogen) atoms. The van der Waals surface area contributed by atoms with Crippen molar-refractivity contribution in [2.75, 3.05) is 20.6 Å². The minimum absolute atomic E-state index is 0.132. The van der Waals surface area contributed by atoms with Crippen molar-refractivity contribution in [2.24, 2.45) is 5.92 Å². The summed E-state index contributed by atoms with van der Waals surface area (Å²) in [4.78, 5) is 37.5. The summed E-state index contributed by atoms with van der Waals surface area (Å²) in [6.45, 7) is 3.45. The van der Waals surface area contributed by atoms with Crippen molar-refractivity contribution in [3.05, 3.63) is 33.8 Å². The van der Waals surface area contributed by atoms with E-state index in [1.165, 1.54) is 17.0 Å². The first-order chi connectivity index (χ1) is 11.1. The summed E-state index contributed by atoms with van der Waals surface area (Å²) in [5.74, 6) is -1.32. The van der Waals surface area contributed by atoms with Crippen LogP contribution in [-0.2, 0) is 9.59 Å². The molecule has 1 atom stereocenters. The fraction of sp³-hybridized carbons (Fsp3) is 0.438. The van der Waals surface area contributed by atoms with E-state index in [-0.39, 0.29) is 29.0 Å². The molecule has 0 saturated carbocycles. The molecule has 0 heterocycles. The van der Waals surface area contributed by atoms with E-state index >= 15 is 0 Å². The van der Waals surface area contributed by atoms with E-state index in [2.05, 4.69) is 10.6 Å². The molecule has 0 saturated heterocycles. The Labute approximate surface area is 151 Å². The van der Waals surface area contributed by atoms with Gasteiger partial charge < -0.3 is 15.5 Å². The second-order valence-corrected chi connectivity index (χ2v) is 6.67. The van der Waals surface area contributed by atoms with Gasteiger partial charge in [0.2, 0.25) is 11.8 Å². The topological polar surface area (TPSA) is 78.5 Å². The molecule has 8 heteroatoms. The van der Waals surface area contributed by atoms with Crippen molar-refractivity contribution in [2.45, 2.75) is 19.9 Å². The van der Waals surface area contributed by atoms with Gasteiger partial charge in [-0.15, -0.1) is 0 Å². The van der Waals surface area contributed by atoms with Gasteiger partial charge >= 0.3 is 0 Å². The summed E-state index contributed by atoms with van der Waals surface area (Å²) >= 11 is 11.8. The lowest BCUT2D eigenvalue weighted by Gasteiger charge is -2.22. The Hall–Kier alpha value is -1.79. The molecule has 0 spiro atoms. The first-order valence-electron chi connectivity index (χ1n) is 7.37.